The lowest BCUT2D eigenvalue weighted by molar-refractivity contribution is -0.196. The summed E-state index contributed by atoms with van der Waals surface area (Å²) in [6.07, 6.45) is -4.90. The molecule has 184 valence electrons. The average molecular weight is 496 g/mol. The number of ether oxygens (including phenoxy) is 4. The molecule has 0 aromatic heterocycles. The largest absolute Gasteiger partial charge is 0.457 e. The van der Waals surface area contributed by atoms with Gasteiger partial charge >= 0.3 is 23.9 Å². The predicted octanol–water partition coefficient (Wildman–Crippen LogP) is 1.68. The van der Waals surface area contributed by atoms with Gasteiger partial charge in [0.1, 0.15) is 0 Å². The van der Waals surface area contributed by atoms with Crippen LogP contribution in [0, 0.1) is 0 Å². The third-order valence-electron chi connectivity index (χ3n) is 3.72. The Labute approximate surface area is 197 Å². The number of esters is 4. The van der Waals surface area contributed by atoms with Crippen LogP contribution >= 0.6 is 23.5 Å². The number of thioether (sulfide) groups is 2. The highest BCUT2D eigenvalue weighted by atomic mass is 32.2. The highest BCUT2D eigenvalue weighted by Crippen LogP contribution is 2.33. The molecule has 0 rings (SSSR count). The number of carbonyl (C=O) groups is 5. The lowest BCUT2D eigenvalue weighted by Gasteiger charge is -2.38. The second kappa shape index (κ2) is 15.8. The molecule has 0 saturated heterocycles. The third kappa shape index (κ3) is 12.2. The van der Waals surface area contributed by atoms with Crippen molar-refractivity contribution in [2.45, 2.75) is 77.5 Å². The Morgan fingerprint density at radius 3 is 1.44 bits per heavy atom. The Morgan fingerprint density at radius 2 is 1.06 bits per heavy atom. The van der Waals surface area contributed by atoms with Crippen molar-refractivity contribution in [1.29, 1.82) is 0 Å². The summed E-state index contributed by atoms with van der Waals surface area (Å²) in [6.45, 7) is 9.55. The van der Waals surface area contributed by atoms with Crippen LogP contribution in [0.5, 0.6) is 0 Å². The van der Waals surface area contributed by atoms with Crippen LogP contribution < -0.4 is 5.32 Å². The summed E-state index contributed by atoms with van der Waals surface area (Å²) in [4.78, 5) is 59.1. The fraction of sp³-hybridized carbons (Fsp3) is 0.750. The number of amides is 1. The molecule has 0 saturated carbocycles. The Morgan fingerprint density at radius 1 is 0.656 bits per heavy atom. The minimum Gasteiger partial charge on any atom is -0.457 e. The van der Waals surface area contributed by atoms with Gasteiger partial charge in [-0.1, -0.05) is 13.8 Å². The number of nitrogens with one attached hydrogen (secondary N) is 1. The van der Waals surface area contributed by atoms with Crippen LogP contribution in [0.1, 0.15) is 48.5 Å². The fourth-order valence-electron chi connectivity index (χ4n) is 2.78. The van der Waals surface area contributed by atoms with Gasteiger partial charge in [0, 0.05) is 34.6 Å². The normalized spacial score (nSPS) is 14.5. The molecule has 0 heterocycles. The SMILES string of the molecule is CCSC(SCC)C(OC(C)=O)C(OC(C)=O)C(OC(C)=O)C(CNC(C)=O)OC(C)=O. The smallest absolute Gasteiger partial charge is 0.303 e. The van der Waals surface area contributed by atoms with Crippen LogP contribution in [0.4, 0.5) is 0 Å². The molecule has 0 bridgehead atoms. The van der Waals surface area contributed by atoms with E-state index in [0.29, 0.717) is 11.5 Å². The van der Waals surface area contributed by atoms with E-state index in [1.165, 1.54) is 37.4 Å². The van der Waals surface area contributed by atoms with Gasteiger partial charge in [0.15, 0.2) is 24.4 Å². The Kier molecular flexibility index (Phi) is 14.8. The molecule has 10 nitrogen and oxygen atoms in total. The summed E-state index contributed by atoms with van der Waals surface area (Å²) >= 11 is 2.93. The van der Waals surface area contributed by atoms with Crippen LogP contribution in [0.2, 0.25) is 0 Å². The first-order valence-electron chi connectivity index (χ1n) is 10.1. The number of hydrogen-bond donors (Lipinski definition) is 1. The number of hydrogen-bond acceptors (Lipinski definition) is 11. The summed E-state index contributed by atoms with van der Waals surface area (Å²) < 4.78 is 21.4. The van der Waals surface area contributed by atoms with Gasteiger partial charge in [0.05, 0.1) is 11.1 Å². The standard InChI is InChI=1S/C20H33NO9S2/c1-8-31-20(32-9-2)19(30-15(7)26)18(29-14(6)25)17(28-13(5)24)16(27-12(4)23)10-21-11(3)22/h16-20H,8-10H2,1-7H3,(H,21,22). The Bertz CT molecular complexity index is 653. The van der Waals surface area contributed by atoms with Gasteiger partial charge in [-0.05, 0) is 11.5 Å². The number of carbonyl (C=O) groups excluding carboxylic acids is 5. The predicted molar refractivity (Wildman–Crippen MR) is 121 cm³/mol. The molecule has 4 atom stereocenters. The molecule has 0 aliphatic rings. The zero-order valence-electron chi connectivity index (χ0n) is 19.5. The molecule has 0 aromatic rings. The molecule has 0 aliphatic carbocycles. The van der Waals surface area contributed by atoms with E-state index in [4.69, 9.17) is 18.9 Å². The first kappa shape index (κ1) is 30.0. The Balaban J connectivity index is 6.51. The van der Waals surface area contributed by atoms with E-state index in [1.54, 1.807) is 0 Å². The minimum absolute atomic E-state index is 0.218. The second-order valence-electron chi connectivity index (χ2n) is 6.59. The molecule has 0 spiro atoms. The van der Waals surface area contributed by atoms with Gasteiger partial charge in [-0.25, -0.2) is 0 Å². The van der Waals surface area contributed by atoms with Crippen molar-refractivity contribution in [3.05, 3.63) is 0 Å². The van der Waals surface area contributed by atoms with E-state index in [9.17, 15) is 24.0 Å². The van der Waals surface area contributed by atoms with E-state index < -0.39 is 54.2 Å². The quantitative estimate of drug-likeness (QED) is 0.214. The van der Waals surface area contributed by atoms with Crippen LogP contribution in [0.15, 0.2) is 0 Å². The van der Waals surface area contributed by atoms with E-state index in [0.717, 1.165) is 20.8 Å². The summed E-state index contributed by atoms with van der Waals surface area (Å²) in [5.41, 5.74) is 0. The van der Waals surface area contributed by atoms with Gasteiger partial charge in [0.25, 0.3) is 0 Å². The molecule has 1 N–H and O–H groups in total. The van der Waals surface area contributed by atoms with Crippen molar-refractivity contribution in [1.82, 2.24) is 5.32 Å². The first-order chi connectivity index (χ1) is 14.9. The van der Waals surface area contributed by atoms with E-state index in [-0.39, 0.29) is 11.1 Å². The minimum atomic E-state index is -1.35. The summed E-state index contributed by atoms with van der Waals surface area (Å²) in [6, 6.07) is 0. The van der Waals surface area contributed by atoms with Crippen molar-refractivity contribution in [3.8, 4) is 0 Å². The van der Waals surface area contributed by atoms with Gasteiger partial charge in [-0.3, -0.25) is 24.0 Å². The van der Waals surface area contributed by atoms with Gasteiger partial charge in [-0.2, -0.15) is 0 Å². The van der Waals surface area contributed by atoms with E-state index in [1.807, 2.05) is 13.8 Å². The fourth-order valence-corrected chi connectivity index (χ4v) is 5.44. The van der Waals surface area contributed by atoms with E-state index in [2.05, 4.69) is 5.32 Å². The zero-order chi connectivity index (χ0) is 24.8. The molecule has 0 aromatic carbocycles. The average Bonchev–Trinajstić information content (AvgIpc) is 2.65. The van der Waals surface area contributed by atoms with Crippen molar-refractivity contribution >= 4 is 53.3 Å². The maximum absolute atomic E-state index is 12.0. The van der Waals surface area contributed by atoms with Crippen LogP contribution in [-0.2, 0) is 42.9 Å². The molecule has 0 aliphatic heterocycles. The molecular formula is C20H33NO9S2. The summed E-state index contributed by atoms with van der Waals surface area (Å²) in [7, 11) is 0. The van der Waals surface area contributed by atoms with Crippen LogP contribution in [0.3, 0.4) is 0 Å². The highest BCUT2D eigenvalue weighted by Gasteiger charge is 2.46. The van der Waals surface area contributed by atoms with Crippen LogP contribution in [-0.4, -0.2) is 76.8 Å². The monoisotopic (exact) mass is 495 g/mol. The van der Waals surface area contributed by atoms with Gasteiger partial charge < -0.3 is 24.3 Å². The van der Waals surface area contributed by atoms with Crippen LogP contribution in [0.25, 0.3) is 0 Å². The second-order valence-corrected chi connectivity index (χ2v) is 9.72. The Hall–Kier alpha value is -1.95. The maximum atomic E-state index is 12.0. The number of rotatable bonds is 14. The van der Waals surface area contributed by atoms with Gasteiger partial charge in [-0.15, -0.1) is 23.5 Å². The van der Waals surface area contributed by atoms with Crippen molar-refractivity contribution in [2.24, 2.45) is 0 Å². The molecule has 12 heteroatoms. The molecule has 1 amide bonds. The first-order valence-corrected chi connectivity index (χ1v) is 12.2. The maximum Gasteiger partial charge on any atom is 0.303 e. The molecular weight excluding hydrogens is 462 g/mol. The summed E-state index contributed by atoms with van der Waals surface area (Å²) in [5.74, 6) is -1.86. The van der Waals surface area contributed by atoms with Gasteiger partial charge in [0.2, 0.25) is 5.91 Å². The molecule has 0 radical (unpaired) electrons. The molecule has 4 unspecified atom stereocenters. The molecule has 32 heavy (non-hydrogen) atoms. The van der Waals surface area contributed by atoms with Crippen molar-refractivity contribution in [2.75, 3.05) is 18.1 Å². The third-order valence-corrected chi connectivity index (χ3v) is 6.40. The summed E-state index contributed by atoms with van der Waals surface area (Å²) in [5, 5.41) is 2.51. The van der Waals surface area contributed by atoms with Crippen molar-refractivity contribution < 1.29 is 42.9 Å². The topological polar surface area (TPSA) is 134 Å². The molecule has 0 fully saturated rings. The van der Waals surface area contributed by atoms with Crippen molar-refractivity contribution in [3.63, 3.8) is 0 Å². The highest BCUT2D eigenvalue weighted by molar-refractivity contribution is 8.17. The lowest BCUT2D eigenvalue weighted by atomic mass is 10.0. The lowest BCUT2D eigenvalue weighted by Crippen LogP contribution is -2.56. The zero-order valence-corrected chi connectivity index (χ0v) is 21.1. The van der Waals surface area contributed by atoms with E-state index >= 15 is 0 Å².